The smallest absolute Gasteiger partial charge is 0.263 e. The second kappa shape index (κ2) is 8.97. The minimum absolute atomic E-state index is 0.00224. The van der Waals surface area contributed by atoms with E-state index in [1.807, 2.05) is 0 Å². The van der Waals surface area contributed by atoms with Gasteiger partial charge in [0.25, 0.3) is 10.0 Å². The maximum Gasteiger partial charge on any atom is 0.263 e. The molecule has 0 saturated carbocycles. The molecule has 0 saturated heterocycles. The monoisotopic (exact) mass is 451 g/mol. The molecule has 0 unspecified atom stereocenters. The molecule has 3 rings (SSSR count). The normalized spacial score (nSPS) is 10.9. The van der Waals surface area contributed by atoms with Crippen molar-refractivity contribution in [3.05, 3.63) is 66.5 Å². The van der Waals surface area contributed by atoms with Gasteiger partial charge in [-0.25, -0.2) is 27.2 Å². The molecule has 0 fully saturated rings. The number of aromatic nitrogens is 2. The lowest BCUT2D eigenvalue weighted by Gasteiger charge is -2.12. The minimum Gasteiger partial charge on any atom is -0.481 e. The standard InChI is InChI=1S/C18H15F2N5O3S2/c1-28-17-9-16(21-10-22-17)25-30(26,27)13-5-3-12(4-6-13)23-18(29)24-15-7-2-11(19)8-14(15)20/h2-10H,1H3,(H,21,22,25)(H2,23,24,29). The zero-order chi connectivity index (χ0) is 21.7. The van der Waals surface area contributed by atoms with Gasteiger partial charge < -0.3 is 15.4 Å². The summed E-state index contributed by atoms with van der Waals surface area (Å²) in [5.41, 5.74) is 0.454. The second-order valence-corrected chi connectivity index (χ2v) is 7.87. The number of rotatable bonds is 6. The van der Waals surface area contributed by atoms with Crippen LogP contribution in [0.5, 0.6) is 5.88 Å². The summed E-state index contributed by atoms with van der Waals surface area (Å²) in [7, 11) is -2.50. The van der Waals surface area contributed by atoms with E-state index in [1.165, 1.54) is 49.8 Å². The van der Waals surface area contributed by atoms with Gasteiger partial charge in [-0.3, -0.25) is 4.72 Å². The van der Waals surface area contributed by atoms with Crippen LogP contribution in [0.3, 0.4) is 0 Å². The second-order valence-electron chi connectivity index (χ2n) is 5.78. The SMILES string of the molecule is COc1cc(NS(=O)(=O)c2ccc(NC(=S)Nc3ccc(F)cc3F)cc2)ncn1. The van der Waals surface area contributed by atoms with Gasteiger partial charge in [-0.15, -0.1) is 0 Å². The van der Waals surface area contributed by atoms with Gasteiger partial charge in [-0.2, -0.15) is 0 Å². The van der Waals surface area contributed by atoms with E-state index in [-0.39, 0.29) is 27.4 Å². The number of hydrogen-bond donors (Lipinski definition) is 3. The molecule has 8 nitrogen and oxygen atoms in total. The largest absolute Gasteiger partial charge is 0.481 e. The number of thiocarbonyl (C=S) groups is 1. The number of hydrogen-bond acceptors (Lipinski definition) is 6. The van der Waals surface area contributed by atoms with Crippen LogP contribution < -0.4 is 20.1 Å². The van der Waals surface area contributed by atoms with Gasteiger partial charge >= 0.3 is 0 Å². The molecule has 12 heteroatoms. The van der Waals surface area contributed by atoms with E-state index in [4.69, 9.17) is 17.0 Å². The van der Waals surface area contributed by atoms with E-state index in [2.05, 4.69) is 25.3 Å². The van der Waals surface area contributed by atoms with Crippen molar-refractivity contribution in [1.82, 2.24) is 9.97 Å². The average molecular weight is 451 g/mol. The quantitative estimate of drug-likeness (QED) is 0.490. The molecule has 1 heterocycles. The van der Waals surface area contributed by atoms with Crippen molar-refractivity contribution in [1.29, 1.82) is 0 Å². The highest BCUT2D eigenvalue weighted by Gasteiger charge is 2.15. The highest BCUT2D eigenvalue weighted by molar-refractivity contribution is 7.92. The summed E-state index contributed by atoms with van der Waals surface area (Å²) in [6.45, 7) is 0. The first-order chi connectivity index (χ1) is 14.3. The number of benzene rings is 2. The Balaban J connectivity index is 1.66. The fourth-order valence-electron chi connectivity index (χ4n) is 2.30. The fraction of sp³-hybridized carbons (Fsp3) is 0.0556. The van der Waals surface area contributed by atoms with Crippen molar-refractivity contribution in [2.75, 3.05) is 22.5 Å². The molecule has 30 heavy (non-hydrogen) atoms. The van der Waals surface area contributed by atoms with Crippen molar-refractivity contribution in [2.45, 2.75) is 4.90 Å². The van der Waals surface area contributed by atoms with Crippen molar-refractivity contribution >= 4 is 44.5 Å². The predicted molar refractivity (Wildman–Crippen MR) is 112 cm³/mol. The molecule has 0 aliphatic heterocycles. The van der Waals surface area contributed by atoms with Gasteiger partial charge in [0.1, 0.15) is 23.8 Å². The lowest BCUT2D eigenvalue weighted by atomic mass is 10.3. The van der Waals surface area contributed by atoms with Gasteiger partial charge in [0.05, 0.1) is 17.7 Å². The molecule has 0 bridgehead atoms. The Morgan fingerprint density at radius 1 is 1.03 bits per heavy atom. The Labute approximate surface area is 176 Å². The maximum absolute atomic E-state index is 13.7. The van der Waals surface area contributed by atoms with Crippen LogP contribution in [0.15, 0.2) is 59.8 Å². The molecule has 3 N–H and O–H groups in total. The summed E-state index contributed by atoms with van der Waals surface area (Å²) >= 11 is 5.09. The van der Waals surface area contributed by atoms with Crippen molar-refractivity contribution in [3.8, 4) is 5.88 Å². The third-order valence-electron chi connectivity index (χ3n) is 3.69. The molecule has 0 aliphatic carbocycles. The Kier molecular flexibility index (Phi) is 6.37. The Morgan fingerprint density at radius 2 is 1.77 bits per heavy atom. The number of sulfonamides is 1. The number of nitrogens with zero attached hydrogens (tertiary/aromatic N) is 2. The Morgan fingerprint density at radius 3 is 2.43 bits per heavy atom. The van der Waals surface area contributed by atoms with Crippen molar-refractivity contribution in [2.24, 2.45) is 0 Å². The summed E-state index contributed by atoms with van der Waals surface area (Å²) in [6, 6.07) is 10.0. The third-order valence-corrected chi connectivity index (χ3v) is 5.27. The number of ether oxygens (including phenoxy) is 1. The van der Waals surface area contributed by atoms with E-state index < -0.39 is 21.7 Å². The van der Waals surface area contributed by atoms with Gasteiger partial charge in [0, 0.05) is 17.8 Å². The third kappa shape index (κ3) is 5.36. The van der Waals surface area contributed by atoms with E-state index in [1.54, 1.807) is 0 Å². The van der Waals surface area contributed by atoms with E-state index in [9.17, 15) is 17.2 Å². The zero-order valence-corrected chi connectivity index (χ0v) is 17.0. The fourth-order valence-corrected chi connectivity index (χ4v) is 3.52. The first-order valence-corrected chi connectivity index (χ1v) is 10.2. The summed E-state index contributed by atoms with van der Waals surface area (Å²) in [4.78, 5) is 7.62. The Hall–Kier alpha value is -3.38. The van der Waals surface area contributed by atoms with Crippen LogP contribution >= 0.6 is 12.2 Å². The van der Waals surface area contributed by atoms with Gasteiger partial charge in [0.15, 0.2) is 5.11 Å². The topological polar surface area (TPSA) is 105 Å². The van der Waals surface area contributed by atoms with Gasteiger partial charge in [0.2, 0.25) is 5.88 Å². The molecule has 0 radical (unpaired) electrons. The molecule has 0 spiro atoms. The molecular formula is C18H15F2N5O3S2. The van der Waals surface area contributed by atoms with E-state index >= 15 is 0 Å². The summed E-state index contributed by atoms with van der Waals surface area (Å²) in [6.07, 6.45) is 1.17. The first-order valence-electron chi connectivity index (χ1n) is 8.29. The first kappa shape index (κ1) is 21.3. The number of methoxy groups -OCH3 is 1. The summed E-state index contributed by atoms with van der Waals surface area (Å²) in [5.74, 6) is -1.24. The van der Waals surface area contributed by atoms with E-state index in [0.717, 1.165) is 12.1 Å². The molecular weight excluding hydrogens is 436 g/mol. The minimum atomic E-state index is -3.90. The van der Waals surface area contributed by atoms with Crippen LogP contribution in [0.1, 0.15) is 0 Å². The van der Waals surface area contributed by atoms with Crippen LogP contribution in [0.25, 0.3) is 0 Å². The number of halogens is 2. The molecule has 1 aromatic heterocycles. The highest BCUT2D eigenvalue weighted by atomic mass is 32.2. The lowest BCUT2D eigenvalue weighted by Crippen LogP contribution is -2.20. The molecule has 3 aromatic rings. The highest BCUT2D eigenvalue weighted by Crippen LogP contribution is 2.20. The van der Waals surface area contributed by atoms with E-state index in [0.29, 0.717) is 5.69 Å². The lowest BCUT2D eigenvalue weighted by molar-refractivity contribution is 0.397. The number of anilines is 3. The molecule has 0 aliphatic rings. The predicted octanol–water partition coefficient (Wildman–Crippen LogP) is 3.37. The van der Waals surface area contributed by atoms with Crippen LogP contribution in [-0.4, -0.2) is 30.6 Å². The molecule has 156 valence electrons. The van der Waals surface area contributed by atoms with Crippen molar-refractivity contribution in [3.63, 3.8) is 0 Å². The molecule has 2 aromatic carbocycles. The molecule has 0 atom stereocenters. The number of nitrogens with one attached hydrogen (secondary N) is 3. The maximum atomic E-state index is 13.7. The molecule has 0 amide bonds. The van der Waals surface area contributed by atoms with Crippen LogP contribution in [0, 0.1) is 11.6 Å². The van der Waals surface area contributed by atoms with Gasteiger partial charge in [-0.05, 0) is 48.6 Å². The van der Waals surface area contributed by atoms with Crippen LogP contribution in [-0.2, 0) is 10.0 Å². The average Bonchev–Trinajstić information content (AvgIpc) is 2.70. The van der Waals surface area contributed by atoms with Gasteiger partial charge in [-0.1, -0.05) is 0 Å². The van der Waals surface area contributed by atoms with Crippen LogP contribution in [0.4, 0.5) is 26.0 Å². The summed E-state index contributed by atoms with van der Waals surface area (Å²) in [5, 5.41) is 5.42. The van der Waals surface area contributed by atoms with Crippen molar-refractivity contribution < 1.29 is 21.9 Å². The van der Waals surface area contributed by atoms with Crippen LogP contribution in [0.2, 0.25) is 0 Å². The zero-order valence-electron chi connectivity index (χ0n) is 15.4. The summed E-state index contributed by atoms with van der Waals surface area (Å²) < 4.78 is 58.9. The Bertz CT molecular complexity index is 1170.